The van der Waals surface area contributed by atoms with E-state index in [2.05, 4.69) is 10.6 Å². The lowest BCUT2D eigenvalue weighted by Gasteiger charge is -2.27. The van der Waals surface area contributed by atoms with Crippen LogP contribution >= 0.6 is 0 Å². The quantitative estimate of drug-likeness (QED) is 0.576. The van der Waals surface area contributed by atoms with Crippen LogP contribution in [-0.4, -0.2) is 53.2 Å². The van der Waals surface area contributed by atoms with Crippen LogP contribution in [0.4, 0.5) is 4.79 Å². The number of hydrogen-bond acceptors (Lipinski definition) is 5. The Hall–Kier alpha value is -1.63. The van der Waals surface area contributed by atoms with Gasteiger partial charge in [0.25, 0.3) is 0 Å². The topological polar surface area (TPSA) is 90.8 Å². The molecule has 0 heterocycles. The van der Waals surface area contributed by atoms with Gasteiger partial charge in [0, 0.05) is 13.1 Å². The Balaban J connectivity index is 2.69. The summed E-state index contributed by atoms with van der Waals surface area (Å²) >= 11 is 0. The Bertz CT molecular complexity index is 486. The maximum absolute atomic E-state index is 12.0. The molecule has 6 nitrogen and oxygen atoms in total. The minimum Gasteiger partial charge on any atom is -0.444 e. The number of alkyl carbamates (subject to hydrolysis) is 1. The van der Waals surface area contributed by atoms with Crippen LogP contribution in [0.15, 0.2) is 30.3 Å². The van der Waals surface area contributed by atoms with E-state index in [0.717, 1.165) is 5.56 Å². The maximum Gasteiger partial charge on any atom is 0.407 e. The first-order chi connectivity index (χ1) is 11.2. The van der Waals surface area contributed by atoms with Crippen molar-refractivity contribution < 1.29 is 19.7 Å². The first-order valence-corrected chi connectivity index (χ1v) is 8.27. The van der Waals surface area contributed by atoms with Gasteiger partial charge in [-0.25, -0.2) is 4.79 Å². The minimum absolute atomic E-state index is 0.262. The van der Waals surface area contributed by atoms with Crippen molar-refractivity contribution in [2.24, 2.45) is 0 Å². The molecule has 0 radical (unpaired) electrons. The number of aliphatic hydroxyl groups is 2. The fraction of sp³-hybridized carbons (Fsp3) is 0.611. The first kappa shape index (κ1) is 20.4. The largest absolute Gasteiger partial charge is 0.444 e. The number of rotatable bonds is 8. The van der Waals surface area contributed by atoms with Crippen molar-refractivity contribution in [3.8, 4) is 0 Å². The molecule has 1 rings (SSSR count). The van der Waals surface area contributed by atoms with Gasteiger partial charge in [-0.15, -0.1) is 0 Å². The maximum atomic E-state index is 12.0. The summed E-state index contributed by atoms with van der Waals surface area (Å²) in [4.78, 5) is 12.0. The molecule has 24 heavy (non-hydrogen) atoms. The summed E-state index contributed by atoms with van der Waals surface area (Å²) in [6, 6.07) is 9.14. The number of ether oxygens (including phenoxy) is 1. The Kier molecular flexibility index (Phi) is 8.18. The molecule has 0 spiro atoms. The van der Waals surface area contributed by atoms with Crippen LogP contribution in [0, 0.1) is 0 Å². The Morgan fingerprint density at radius 1 is 1.17 bits per heavy atom. The van der Waals surface area contributed by atoms with Crippen LogP contribution in [0.1, 0.15) is 33.3 Å². The molecular weight excluding hydrogens is 308 g/mol. The van der Waals surface area contributed by atoms with Gasteiger partial charge in [0.1, 0.15) is 5.60 Å². The van der Waals surface area contributed by atoms with Crippen molar-refractivity contribution in [3.63, 3.8) is 0 Å². The lowest BCUT2D eigenvalue weighted by molar-refractivity contribution is 0.0419. The molecule has 3 atom stereocenters. The summed E-state index contributed by atoms with van der Waals surface area (Å²) in [5.41, 5.74) is 0.407. The zero-order valence-corrected chi connectivity index (χ0v) is 15.0. The number of hydrogen-bond donors (Lipinski definition) is 4. The van der Waals surface area contributed by atoms with Crippen molar-refractivity contribution in [2.45, 2.75) is 58.0 Å². The normalized spacial score (nSPS) is 15.4. The van der Waals surface area contributed by atoms with Gasteiger partial charge in [-0.1, -0.05) is 30.3 Å². The first-order valence-electron chi connectivity index (χ1n) is 8.27. The average Bonchev–Trinajstić information content (AvgIpc) is 2.45. The zero-order chi connectivity index (χ0) is 18.2. The minimum atomic E-state index is -0.809. The van der Waals surface area contributed by atoms with Gasteiger partial charge in [-0.3, -0.25) is 0 Å². The van der Waals surface area contributed by atoms with E-state index in [1.165, 1.54) is 0 Å². The predicted molar refractivity (Wildman–Crippen MR) is 93.9 cm³/mol. The number of amides is 1. The molecule has 0 saturated carbocycles. The average molecular weight is 338 g/mol. The van der Waals surface area contributed by atoms with Crippen molar-refractivity contribution in [1.29, 1.82) is 0 Å². The SMILES string of the molecule is CC(O)CNC[C@@H](O)[C@H](Cc1ccccc1)NC(=O)OC(C)(C)C. The summed E-state index contributed by atoms with van der Waals surface area (Å²) in [5.74, 6) is 0. The molecule has 6 heteroatoms. The summed E-state index contributed by atoms with van der Waals surface area (Å²) in [6.45, 7) is 7.68. The Morgan fingerprint density at radius 3 is 2.33 bits per heavy atom. The highest BCUT2D eigenvalue weighted by Gasteiger charge is 2.24. The fourth-order valence-electron chi connectivity index (χ4n) is 2.19. The molecule has 1 amide bonds. The second kappa shape index (κ2) is 9.61. The number of carbonyl (C=O) groups excluding carboxylic acids is 1. The standard InChI is InChI=1S/C18H30N2O4/c1-13(21)11-19-12-16(22)15(10-14-8-6-5-7-9-14)20-17(23)24-18(2,3)4/h5-9,13,15-16,19,21-22H,10-12H2,1-4H3,(H,20,23)/t13?,15-,16+/m0/s1. The van der Waals surface area contributed by atoms with Crippen molar-refractivity contribution in [1.82, 2.24) is 10.6 Å². The van der Waals surface area contributed by atoms with E-state index in [4.69, 9.17) is 4.74 Å². The third-order valence-corrected chi connectivity index (χ3v) is 3.26. The van der Waals surface area contributed by atoms with Gasteiger partial charge in [0.15, 0.2) is 0 Å². The van der Waals surface area contributed by atoms with Crippen LogP contribution < -0.4 is 10.6 Å². The molecular formula is C18H30N2O4. The van der Waals surface area contributed by atoms with E-state index in [9.17, 15) is 15.0 Å². The van der Waals surface area contributed by atoms with Crippen LogP contribution in [0.2, 0.25) is 0 Å². The smallest absolute Gasteiger partial charge is 0.407 e. The molecule has 1 unspecified atom stereocenters. The Morgan fingerprint density at radius 2 is 1.79 bits per heavy atom. The van der Waals surface area contributed by atoms with Crippen molar-refractivity contribution in [3.05, 3.63) is 35.9 Å². The lowest BCUT2D eigenvalue weighted by Crippen LogP contribution is -2.50. The molecule has 4 N–H and O–H groups in total. The molecule has 136 valence electrons. The van der Waals surface area contributed by atoms with Crippen LogP contribution in [0.3, 0.4) is 0 Å². The molecule has 0 fully saturated rings. The van der Waals surface area contributed by atoms with Crippen LogP contribution in [-0.2, 0) is 11.2 Å². The van der Waals surface area contributed by atoms with Crippen molar-refractivity contribution >= 4 is 6.09 Å². The highest BCUT2D eigenvalue weighted by molar-refractivity contribution is 5.68. The third-order valence-electron chi connectivity index (χ3n) is 3.26. The van der Waals surface area contributed by atoms with Gasteiger partial charge in [0.2, 0.25) is 0 Å². The molecule has 1 aromatic rings. The summed E-state index contributed by atoms with van der Waals surface area (Å²) in [5, 5.41) is 25.4. The second-order valence-corrected chi connectivity index (χ2v) is 7.02. The van der Waals surface area contributed by atoms with Gasteiger partial charge in [0.05, 0.1) is 18.2 Å². The molecule has 0 aliphatic carbocycles. The summed E-state index contributed by atoms with van der Waals surface area (Å²) in [7, 11) is 0. The highest BCUT2D eigenvalue weighted by atomic mass is 16.6. The Labute approximate surface area is 144 Å². The highest BCUT2D eigenvalue weighted by Crippen LogP contribution is 2.10. The lowest BCUT2D eigenvalue weighted by atomic mass is 10.0. The van der Waals surface area contributed by atoms with E-state index in [0.29, 0.717) is 13.0 Å². The molecule has 0 saturated heterocycles. The molecule has 1 aromatic carbocycles. The molecule has 0 aromatic heterocycles. The van der Waals surface area contributed by atoms with Crippen LogP contribution in [0.5, 0.6) is 0 Å². The number of nitrogens with one attached hydrogen (secondary N) is 2. The molecule has 0 bridgehead atoms. The zero-order valence-electron chi connectivity index (χ0n) is 15.0. The number of aliphatic hydroxyl groups excluding tert-OH is 2. The van der Waals surface area contributed by atoms with E-state index >= 15 is 0 Å². The summed E-state index contributed by atoms with van der Waals surface area (Å²) < 4.78 is 5.28. The predicted octanol–water partition coefficient (Wildman–Crippen LogP) is 1.45. The van der Waals surface area contributed by atoms with E-state index in [-0.39, 0.29) is 6.54 Å². The van der Waals surface area contributed by atoms with E-state index in [1.54, 1.807) is 27.7 Å². The molecule has 0 aliphatic rings. The second-order valence-electron chi connectivity index (χ2n) is 7.02. The van der Waals surface area contributed by atoms with E-state index < -0.39 is 29.9 Å². The van der Waals surface area contributed by atoms with E-state index in [1.807, 2.05) is 30.3 Å². The van der Waals surface area contributed by atoms with Crippen LogP contribution in [0.25, 0.3) is 0 Å². The van der Waals surface area contributed by atoms with Gasteiger partial charge < -0.3 is 25.6 Å². The number of benzene rings is 1. The third kappa shape index (κ3) is 8.86. The summed E-state index contributed by atoms with van der Waals surface area (Å²) in [6.07, 6.45) is -1.38. The van der Waals surface area contributed by atoms with Gasteiger partial charge in [-0.05, 0) is 39.7 Å². The van der Waals surface area contributed by atoms with Gasteiger partial charge in [-0.2, -0.15) is 0 Å². The number of carbonyl (C=O) groups is 1. The van der Waals surface area contributed by atoms with Gasteiger partial charge >= 0.3 is 6.09 Å². The molecule has 0 aliphatic heterocycles. The fourth-order valence-corrected chi connectivity index (χ4v) is 2.19. The monoisotopic (exact) mass is 338 g/mol. The van der Waals surface area contributed by atoms with Crippen molar-refractivity contribution in [2.75, 3.05) is 13.1 Å².